The third-order valence-corrected chi connectivity index (χ3v) is 4.00. The minimum absolute atomic E-state index is 0.239. The number of carbonyl (C=O) groups is 1. The van der Waals surface area contributed by atoms with Crippen molar-refractivity contribution in [1.82, 2.24) is 0 Å². The highest BCUT2D eigenvalue weighted by atomic mass is 16.2. The van der Waals surface area contributed by atoms with E-state index in [2.05, 4.69) is 5.32 Å². The number of benzene rings is 1. The number of hydrogen-bond donors (Lipinski definition) is 1. The van der Waals surface area contributed by atoms with Crippen LogP contribution in [-0.4, -0.2) is 5.91 Å². The van der Waals surface area contributed by atoms with Gasteiger partial charge in [-0.15, -0.1) is 0 Å². The Kier molecular flexibility index (Phi) is 2.43. The maximum atomic E-state index is 12.0. The normalized spacial score (nSPS) is 31.6. The second kappa shape index (κ2) is 3.93. The first-order valence-electron chi connectivity index (χ1n) is 6.22. The van der Waals surface area contributed by atoms with Crippen LogP contribution in [0.4, 0.5) is 5.69 Å². The SMILES string of the molecule is O=C(Nc1ccccc1)C1[C@@H]2CCCC[C@@H]12. The summed E-state index contributed by atoms with van der Waals surface area (Å²) in [6.45, 7) is 0. The summed E-state index contributed by atoms with van der Waals surface area (Å²) in [5, 5.41) is 3.02. The van der Waals surface area contributed by atoms with E-state index in [9.17, 15) is 4.79 Å². The van der Waals surface area contributed by atoms with Crippen LogP contribution in [0, 0.1) is 17.8 Å². The quantitative estimate of drug-likeness (QED) is 0.807. The Morgan fingerprint density at radius 3 is 2.31 bits per heavy atom. The lowest BCUT2D eigenvalue weighted by Gasteiger charge is -2.04. The fourth-order valence-corrected chi connectivity index (χ4v) is 3.13. The molecular weight excluding hydrogens is 198 g/mol. The van der Waals surface area contributed by atoms with E-state index in [0.29, 0.717) is 17.8 Å². The molecule has 0 saturated heterocycles. The Balaban J connectivity index is 1.63. The van der Waals surface area contributed by atoms with Gasteiger partial charge < -0.3 is 5.32 Å². The fraction of sp³-hybridized carbons (Fsp3) is 0.500. The number of carbonyl (C=O) groups excluding carboxylic acids is 1. The Morgan fingerprint density at radius 1 is 1.06 bits per heavy atom. The van der Waals surface area contributed by atoms with Crippen molar-refractivity contribution in [3.63, 3.8) is 0 Å². The molecule has 1 aromatic carbocycles. The smallest absolute Gasteiger partial charge is 0.228 e. The number of anilines is 1. The predicted molar refractivity (Wildman–Crippen MR) is 64.0 cm³/mol. The summed E-state index contributed by atoms with van der Waals surface area (Å²) >= 11 is 0. The van der Waals surface area contributed by atoms with E-state index >= 15 is 0 Å². The predicted octanol–water partition coefficient (Wildman–Crippen LogP) is 3.06. The van der Waals surface area contributed by atoms with E-state index < -0.39 is 0 Å². The molecule has 84 valence electrons. The van der Waals surface area contributed by atoms with E-state index in [-0.39, 0.29) is 5.91 Å². The largest absolute Gasteiger partial charge is 0.326 e. The molecule has 16 heavy (non-hydrogen) atoms. The van der Waals surface area contributed by atoms with Gasteiger partial charge >= 0.3 is 0 Å². The zero-order valence-corrected chi connectivity index (χ0v) is 9.36. The zero-order chi connectivity index (χ0) is 11.0. The number of rotatable bonds is 2. The summed E-state index contributed by atoms with van der Waals surface area (Å²) in [6.07, 6.45) is 5.15. The lowest BCUT2D eigenvalue weighted by atomic mass is 10.0. The van der Waals surface area contributed by atoms with Crippen LogP contribution in [0.2, 0.25) is 0 Å². The first-order chi connectivity index (χ1) is 7.86. The number of fused-ring (bicyclic) bond motifs is 1. The molecule has 1 aromatic rings. The van der Waals surface area contributed by atoms with Crippen LogP contribution in [0.25, 0.3) is 0 Å². The van der Waals surface area contributed by atoms with Gasteiger partial charge in [-0.25, -0.2) is 0 Å². The van der Waals surface area contributed by atoms with Crippen molar-refractivity contribution in [2.45, 2.75) is 25.7 Å². The van der Waals surface area contributed by atoms with Gasteiger partial charge in [-0.05, 0) is 36.8 Å². The molecule has 2 heteroatoms. The number of hydrogen-bond acceptors (Lipinski definition) is 1. The van der Waals surface area contributed by atoms with Crippen LogP contribution in [0.15, 0.2) is 30.3 Å². The number of para-hydroxylation sites is 1. The van der Waals surface area contributed by atoms with Gasteiger partial charge in [0.05, 0.1) is 0 Å². The summed E-state index contributed by atoms with van der Waals surface area (Å²) in [4.78, 5) is 12.0. The fourth-order valence-electron chi connectivity index (χ4n) is 3.13. The summed E-state index contributed by atoms with van der Waals surface area (Å²) in [5.74, 6) is 1.93. The summed E-state index contributed by atoms with van der Waals surface area (Å²) < 4.78 is 0. The number of amides is 1. The van der Waals surface area contributed by atoms with Crippen molar-refractivity contribution >= 4 is 11.6 Å². The average Bonchev–Trinajstić information content (AvgIpc) is 3.04. The van der Waals surface area contributed by atoms with E-state index in [1.54, 1.807) is 0 Å². The van der Waals surface area contributed by atoms with Crippen LogP contribution in [0.1, 0.15) is 25.7 Å². The van der Waals surface area contributed by atoms with Crippen LogP contribution in [-0.2, 0) is 4.79 Å². The Labute approximate surface area is 96.1 Å². The molecule has 2 aliphatic carbocycles. The minimum atomic E-state index is 0.239. The molecule has 2 fully saturated rings. The lowest BCUT2D eigenvalue weighted by molar-refractivity contribution is -0.117. The summed E-state index contributed by atoms with van der Waals surface area (Å²) in [6, 6.07) is 9.77. The molecule has 0 radical (unpaired) electrons. The van der Waals surface area contributed by atoms with Gasteiger partial charge in [-0.3, -0.25) is 4.79 Å². The van der Waals surface area contributed by atoms with Crippen LogP contribution >= 0.6 is 0 Å². The molecule has 0 spiro atoms. The van der Waals surface area contributed by atoms with Crippen molar-refractivity contribution < 1.29 is 4.79 Å². The molecule has 2 nitrogen and oxygen atoms in total. The molecule has 2 saturated carbocycles. The van der Waals surface area contributed by atoms with Gasteiger partial charge in [0.25, 0.3) is 0 Å². The molecule has 0 aromatic heterocycles. The Bertz CT molecular complexity index is 375. The van der Waals surface area contributed by atoms with Gasteiger partial charge in [0.2, 0.25) is 5.91 Å². The molecular formula is C14H17NO. The second-order valence-corrected chi connectivity index (χ2v) is 4.99. The highest BCUT2D eigenvalue weighted by Crippen LogP contribution is 2.55. The monoisotopic (exact) mass is 215 g/mol. The first kappa shape index (κ1) is 9.88. The van der Waals surface area contributed by atoms with Crippen molar-refractivity contribution in [2.75, 3.05) is 5.32 Å². The second-order valence-electron chi connectivity index (χ2n) is 4.99. The van der Waals surface area contributed by atoms with Crippen LogP contribution in [0.3, 0.4) is 0 Å². The van der Waals surface area contributed by atoms with Crippen molar-refractivity contribution in [3.05, 3.63) is 30.3 Å². The van der Waals surface area contributed by atoms with Crippen LogP contribution in [0.5, 0.6) is 0 Å². The van der Waals surface area contributed by atoms with Crippen LogP contribution < -0.4 is 5.32 Å². The first-order valence-corrected chi connectivity index (χ1v) is 6.22. The standard InChI is InChI=1S/C14H17NO/c16-14(15-10-6-2-1-3-7-10)13-11-8-4-5-9-12(11)13/h1-3,6-7,11-13H,4-5,8-9H2,(H,15,16)/t11-,12-/m1/s1. The Morgan fingerprint density at radius 2 is 1.69 bits per heavy atom. The topological polar surface area (TPSA) is 29.1 Å². The maximum Gasteiger partial charge on any atom is 0.228 e. The van der Waals surface area contributed by atoms with E-state index in [4.69, 9.17) is 0 Å². The highest BCUT2D eigenvalue weighted by molar-refractivity contribution is 5.94. The highest BCUT2D eigenvalue weighted by Gasteiger charge is 2.54. The van der Waals surface area contributed by atoms with Gasteiger partial charge in [0, 0.05) is 11.6 Å². The molecule has 0 aliphatic heterocycles. The number of nitrogens with one attached hydrogen (secondary N) is 1. The van der Waals surface area contributed by atoms with Crippen molar-refractivity contribution in [1.29, 1.82) is 0 Å². The van der Waals surface area contributed by atoms with Gasteiger partial charge in [0.15, 0.2) is 0 Å². The van der Waals surface area contributed by atoms with E-state index in [1.807, 2.05) is 30.3 Å². The molecule has 0 heterocycles. The lowest BCUT2D eigenvalue weighted by Crippen LogP contribution is -2.15. The molecule has 3 rings (SSSR count). The molecule has 2 aliphatic rings. The molecule has 1 amide bonds. The average molecular weight is 215 g/mol. The van der Waals surface area contributed by atoms with E-state index in [1.165, 1.54) is 25.7 Å². The Hall–Kier alpha value is -1.31. The molecule has 0 unspecified atom stereocenters. The molecule has 2 atom stereocenters. The minimum Gasteiger partial charge on any atom is -0.326 e. The molecule has 1 N–H and O–H groups in total. The zero-order valence-electron chi connectivity index (χ0n) is 9.36. The third kappa shape index (κ3) is 1.73. The summed E-state index contributed by atoms with van der Waals surface area (Å²) in [5.41, 5.74) is 0.927. The molecule has 0 bridgehead atoms. The van der Waals surface area contributed by atoms with Crippen molar-refractivity contribution in [2.24, 2.45) is 17.8 Å². The van der Waals surface area contributed by atoms with Gasteiger partial charge in [0.1, 0.15) is 0 Å². The third-order valence-electron chi connectivity index (χ3n) is 4.00. The maximum absolute atomic E-state index is 12.0. The van der Waals surface area contributed by atoms with Gasteiger partial charge in [-0.2, -0.15) is 0 Å². The van der Waals surface area contributed by atoms with Crippen molar-refractivity contribution in [3.8, 4) is 0 Å². The van der Waals surface area contributed by atoms with Gasteiger partial charge in [-0.1, -0.05) is 31.0 Å². The summed E-state index contributed by atoms with van der Waals surface area (Å²) in [7, 11) is 0. The van der Waals surface area contributed by atoms with E-state index in [0.717, 1.165) is 5.69 Å².